The first kappa shape index (κ1) is 19.1. The molecule has 0 radical (unpaired) electrons. The predicted molar refractivity (Wildman–Crippen MR) is 105 cm³/mol. The zero-order valence-corrected chi connectivity index (χ0v) is 17.2. The minimum absolute atomic E-state index is 0.0478. The van der Waals surface area contributed by atoms with Crippen molar-refractivity contribution in [2.75, 3.05) is 6.54 Å². The van der Waals surface area contributed by atoms with Gasteiger partial charge in [0, 0.05) is 20.0 Å². The molecule has 2 aliphatic rings. The van der Waals surface area contributed by atoms with Gasteiger partial charge in [0.15, 0.2) is 0 Å². The molecule has 2 amide bonds. The highest BCUT2D eigenvalue weighted by Crippen LogP contribution is 2.48. The standard InChI is InChI=1S/C20H22BrFN4O2/c1-12(27)23-10-13-5-8-26-17(9-13)14(11-24-26)19(28)25-20(6-7-20)15-3-2-4-16(22)18(15)21/h2-4,11,13H,5-10H2,1H3,(H,23,27)(H,25,28). The van der Waals surface area contributed by atoms with Gasteiger partial charge in [-0.25, -0.2) is 4.39 Å². The van der Waals surface area contributed by atoms with Gasteiger partial charge in [0.1, 0.15) is 5.82 Å². The molecule has 1 fully saturated rings. The van der Waals surface area contributed by atoms with Crippen LogP contribution in [0, 0.1) is 11.7 Å². The van der Waals surface area contributed by atoms with Gasteiger partial charge in [-0.1, -0.05) is 12.1 Å². The van der Waals surface area contributed by atoms with Crippen molar-refractivity contribution in [3.63, 3.8) is 0 Å². The molecule has 28 heavy (non-hydrogen) atoms. The highest BCUT2D eigenvalue weighted by molar-refractivity contribution is 9.10. The number of nitrogens with zero attached hydrogens (tertiary/aromatic N) is 2. The van der Waals surface area contributed by atoms with E-state index in [1.165, 1.54) is 13.0 Å². The van der Waals surface area contributed by atoms with E-state index in [1.807, 2.05) is 10.7 Å². The largest absolute Gasteiger partial charge is 0.356 e. The van der Waals surface area contributed by atoms with Crippen LogP contribution in [0.5, 0.6) is 0 Å². The van der Waals surface area contributed by atoms with Crippen molar-refractivity contribution < 1.29 is 14.0 Å². The normalized spacial score (nSPS) is 19.6. The Morgan fingerprint density at radius 3 is 2.89 bits per heavy atom. The number of fused-ring (bicyclic) bond motifs is 1. The Morgan fingerprint density at radius 1 is 1.39 bits per heavy atom. The number of aryl methyl sites for hydroxylation is 1. The van der Waals surface area contributed by atoms with E-state index in [1.54, 1.807) is 12.3 Å². The number of rotatable bonds is 5. The molecular formula is C20H22BrFN4O2. The van der Waals surface area contributed by atoms with Crippen molar-refractivity contribution in [1.82, 2.24) is 20.4 Å². The Kier molecular flexibility index (Phi) is 4.99. The van der Waals surface area contributed by atoms with E-state index in [2.05, 4.69) is 31.7 Å². The summed E-state index contributed by atoms with van der Waals surface area (Å²) in [5.74, 6) is -0.280. The van der Waals surface area contributed by atoms with E-state index >= 15 is 0 Å². The summed E-state index contributed by atoms with van der Waals surface area (Å²) >= 11 is 3.31. The Bertz CT molecular complexity index is 938. The lowest BCUT2D eigenvalue weighted by Crippen LogP contribution is -2.37. The minimum atomic E-state index is -0.531. The summed E-state index contributed by atoms with van der Waals surface area (Å²) in [6.07, 6.45) is 4.77. The molecule has 2 aromatic rings. The molecule has 1 unspecified atom stereocenters. The average molecular weight is 449 g/mol. The third-order valence-corrected chi connectivity index (χ3v) is 6.44. The topological polar surface area (TPSA) is 76.0 Å². The highest BCUT2D eigenvalue weighted by Gasteiger charge is 2.47. The first-order valence-electron chi connectivity index (χ1n) is 9.46. The number of halogens is 2. The fourth-order valence-electron chi connectivity index (χ4n) is 3.90. The zero-order valence-electron chi connectivity index (χ0n) is 15.6. The lowest BCUT2D eigenvalue weighted by molar-refractivity contribution is -0.119. The van der Waals surface area contributed by atoms with Gasteiger partial charge in [-0.2, -0.15) is 5.10 Å². The molecule has 148 valence electrons. The lowest BCUT2D eigenvalue weighted by Gasteiger charge is -2.25. The Morgan fingerprint density at radius 2 is 2.18 bits per heavy atom. The van der Waals surface area contributed by atoms with Crippen LogP contribution >= 0.6 is 15.9 Å². The summed E-state index contributed by atoms with van der Waals surface area (Å²) in [5, 5.41) is 10.3. The maximum Gasteiger partial charge on any atom is 0.255 e. The predicted octanol–water partition coefficient (Wildman–Crippen LogP) is 2.90. The van der Waals surface area contributed by atoms with E-state index < -0.39 is 5.54 Å². The minimum Gasteiger partial charge on any atom is -0.356 e. The van der Waals surface area contributed by atoms with Crippen LogP contribution in [-0.4, -0.2) is 28.1 Å². The number of nitrogens with one attached hydrogen (secondary N) is 2. The molecule has 1 atom stereocenters. The van der Waals surface area contributed by atoms with Gasteiger partial charge in [0.2, 0.25) is 5.91 Å². The number of hydrogen-bond acceptors (Lipinski definition) is 3. The second-order valence-electron chi connectivity index (χ2n) is 7.66. The summed E-state index contributed by atoms with van der Waals surface area (Å²) < 4.78 is 16.2. The van der Waals surface area contributed by atoms with Gasteiger partial charge in [0.05, 0.1) is 27.5 Å². The van der Waals surface area contributed by atoms with Gasteiger partial charge in [-0.3, -0.25) is 14.3 Å². The maximum atomic E-state index is 13.9. The molecule has 0 spiro atoms. The van der Waals surface area contributed by atoms with Crippen LogP contribution in [0.15, 0.2) is 28.9 Å². The molecule has 4 rings (SSSR count). The van der Waals surface area contributed by atoms with Crippen molar-refractivity contribution in [2.45, 2.75) is 44.7 Å². The van der Waals surface area contributed by atoms with Gasteiger partial charge in [-0.15, -0.1) is 0 Å². The number of aromatic nitrogens is 2. The molecule has 1 aromatic carbocycles. The molecule has 6 nitrogen and oxygen atoms in total. The smallest absolute Gasteiger partial charge is 0.255 e. The van der Waals surface area contributed by atoms with E-state index in [4.69, 9.17) is 0 Å². The molecule has 1 saturated carbocycles. The van der Waals surface area contributed by atoms with Crippen LogP contribution in [0.3, 0.4) is 0 Å². The molecule has 8 heteroatoms. The highest BCUT2D eigenvalue weighted by atomic mass is 79.9. The molecule has 2 heterocycles. The van der Waals surface area contributed by atoms with E-state index in [0.29, 0.717) is 23.0 Å². The fourth-order valence-corrected chi connectivity index (χ4v) is 4.54. The molecule has 0 bridgehead atoms. The summed E-state index contributed by atoms with van der Waals surface area (Å²) in [7, 11) is 0. The van der Waals surface area contributed by atoms with Crippen molar-refractivity contribution in [3.8, 4) is 0 Å². The maximum absolute atomic E-state index is 13.9. The van der Waals surface area contributed by atoms with Crippen LogP contribution in [0.25, 0.3) is 0 Å². The number of benzene rings is 1. The molecule has 1 aromatic heterocycles. The van der Waals surface area contributed by atoms with Crippen molar-refractivity contribution in [3.05, 3.63) is 51.5 Å². The second-order valence-corrected chi connectivity index (χ2v) is 8.45. The summed E-state index contributed by atoms with van der Waals surface area (Å²) in [5.41, 5.74) is 1.70. The van der Waals surface area contributed by atoms with Gasteiger partial charge in [-0.05, 0) is 59.2 Å². The summed E-state index contributed by atoms with van der Waals surface area (Å²) in [6.45, 7) is 2.83. The Labute approximate surface area is 171 Å². The van der Waals surface area contributed by atoms with Crippen molar-refractivity contribution in [2.24, 2.45) is 5.92 Å². The Balaban J connectivity index is 1.52. The van der Waals surface area contributed by atoms with Gasteiger partial charge < -0.3 is 10.6 Å². The number of carbonyl (C=O) groups excluding carboxylic acids is 2. The number of carbonyl (C=O) groups is 2. The molecule has 0 saturated heterocycles. The first-order chi connectivity index (χ1) is 13.4. The molecule has 1 aliphatic heterocycles. The average Bonchev–Trinajstić information content (AvgIpc) is 3.31. The Hall–Kier alpha value is -2.22. The van der Waals surface area contributed by atoms with E-state index in [9.17, 15) is 14.0 Å². The van der Waals surface area contributed by atoms with Gasteiger partial charge >= 0.3 is 0 Å². The van der Waals surface area contributed by atoms with Gasteiger partial charge in [0.25, 0.3) is 5.91 Å². The SMILES string of the molecule is CC(=O)NCC1CCn2ncc(C(=O)NC3(c4cccc(F)c4Br)CC3)c2C1. The van der Waals surface area contributed by atoms with E-state index in [-0.39, 0.29) is 23.5 Å². The van der Waals surface area contributed by atoms with Crippen molar-refractivity contribution >= 4 is 27.7 Å². The molecular weight excluding hydrogens is 427 g/mol. The summed E-state index contributed by atoms with van der Waals surface area (Å²) in [6, 6.07) is 4.91. The zero-order chi connectivity index (χ0) is 19.9. The van der Waals surface area contributed by atoms with Crippen molar-refractivity contribution in [1.29, 1.82) is 0 Å². The van der Waals surface area contributed by atoms with Crippen LogP contribution in [0.1, 0.15) is 47.8 Å². The third kappa shape index (κ3) is 3.57. The van der Waals surface area contributed by atoms with Crippen LogP contribution in [0.4, 0.5) is 4.39 Å². The monoisotopic (exact) mass is 448 g/mol. The molecule has 2 N–H and O–H groups in total. The first-order valence-corrected chi connectivity index (χ1v) is 10.2. The number of hydrogen-bond donors (Lipinski definition) is 2. The number of amides is 2. The quantitative estimate of drug-likeness (QED) is 0.737. The van der Waals surface area contributed by atoms with Crippen LogP contribution in [0.2, 0.25) is 0 Å². The summed E-state index contributed by atoms with van der Waals surface area (Å²) in [4.78, 5) is 24.2. The molecule has 1 aliphatic carbocycles. The van der Waals surface area contributed by atoms with E-state index in [0.717, 1.165) is 37.1 Å². The van der Waals surface area contributed by atoms with Crippen LogP contribution < -0.4 is 10.6 Å². The second kappa shape index (κ2) is 7.31. The van der Waals surface area contributed by atoms with Crippen LogP contribution in [-0.2, 0) is 23.3 Å². The lowest BCUT2D eigenvalue weighted by atomic mass is 9.94. The third-order valence-electron chi connectivity index (χ3n) is 5.63. The fraction of sp³-hybridized carbons (Fsp3) is 0.450.